The van der Waals surface area contributed by atoms with Crippen molar-refractivity contribution in [2.24, 2.45) is 0 Å². The molecule has 2 aromatic heterocycles. The number of aryl methyl sites for hydroxylation is 1. The zero-order valence-corrected chi connectivity index (χ0v) is 17.4. The van der Waals surface area contributed by atoms with Gasteiger partial charge in [0.1, 0.15) is 11.5 Å². The van der Waals surface area contributed by atoms with Gasteiger partial charge in [0.15, 0.2) is 0 Å². The van der Waals surface area contributed by atoms with Crippen molar-refractivity contribution in [3.05, 3.63) is 94.4 Å². The molecule has 4 rings (SSSR count). The number of benzene rings is 2. The van der Waals surface area contributed by atoms with Crippen molar-refractivity contribution in [3.63, 3.8) is 0 Å². The second-order valence-electron chi connectivity index (χ2n) is 6.99. The first-order chi connectivity index (χ1) is 14.5. The number of hydrogen-bond donors (Lipinski definition) is 1. The van der Waals surface area contributed by atoms with Gasteiger partial charge in [-0.3, -0.25) is 14.8 Å². The highest BCUT2D eigenvalue weighted by Crippen LogP contribution is 2.32. The summed E-state index contributed by atoms with van der Waals surface area (Å²) < 4.78 is 6.16. The van der Waals surface area contributed by atoms with Gasteiger partial charge in [0.25, 0.3) is 5.91 Å². The number of fused-ring (bicyclic) bond motifs is 1. The largest absolute Gasteiger partial charge is 0.456 e. The van der Waals surface area contributed by atoms with Crippen LogP contribution < -0.4 is 10.1 Å². The van der Waals surface area contributed by atoms with Gasteiger partial charge in [0, 0.05) is 46.7 Å². The Balaban J connectivity index is 1.58. The molecule has 0 saturated heterocycles. The van der Waals surface area contributed by atoms with Crippen molar-refractivity contribution in [2.45, 2.75) is 20.4 Å². The summed E-state index contributed by atoms with van der Waals surface area (Å²) in [6, 6.07) is 14.6. The van der Waals surface area contributed by atoms with Crippen LogP contribution in [0.25, 0.3) is 10.9 Å². The van der Waals surface area contributed by atoms with Crippen LogP contribution >= 0.6 is 11.6 Å². The Bertz CT molecular complexity index is 1240. The lowest BCUT2D eigenvalue weighted by molar-refractivity contribution is 0.0950. The Morgan fingerprint density at radius 3 is 2.77 bits per heavy atom. The number of carbonyl (C=O) groups excluding carboxylic acids is 1. The Morgan fingerprint density at radius 1 is 1.07 bits per heavy atom. The molecule has 6 heteroatoms. The number of aromatic nitrogens is 2. The molecule has 0 unspecified atom stereocenters. The molecule has 0 aliphatic heterocycles. The van der Waals surface area contributed by atoms with Gasteiger partial charge in [-0.15, -0.1) is 0 Å². The zero-order valence-electron chi connectivity index (χ0n) is 16.6. The number of hydrogen-bond acceptors (Lipinski definition) is 4. The molecule has 5 nitrogen and oxygen atoms in total. The van der Waals surface area contributed by atoms with Gasteiger partial charge in [0.05, 0.1) is 5.52 Å². The molecule has 1 N–H and O–H groups in total. The normalized spacial score (nSPS) is 10.8. The first-order valence-electron chi connectivity index (χ1n) is 9.52. The van der Waals surface area contributed by atoms with Gasteiger partial charge >= 0.3 is 0 Å². The van der Waals surface area contributed by atoms with E-state index in [-0.39, 0.29) is 5.91 Å². The van der Waals surface area contributed by atoms with Crippen LogP contribution in [0.15, 0.2) is 67.1 Å². The van der Waals surface area contributed by atoms with E-state index in [0.717, 1.165) is 27.6 Å². The minimum absolute atomic E-state index is 0.152. The molecule has 0 aliphatic carbocycles. The molecular weight excluding hydrogens is 398 g/mol. The number of amides is 1. The second kappa shape index (κ2) is 8.51. The third kappa shape index (κ3) is 4.11. The Kier molecular flexibility index (Phi) is 5.63. The van der Waals surface area contributed by atoms with E-state index in [9.17, 15) is 4.79 Å². The van der Waals surface area contributed by atoms with E-state index in [0.29, 0.717) is 28.6 Å². The number of ether oxygens (including phenoxy) is 1. The first-order valence-corrected chi connectivity index (χ1v) is 9.90. The average Bonchev–Trinajstić information content (AvgIpc) is 2.74. The number of nitrogens with zero attached hydrogens (tertiary/aromatic N) is 2. The molecule has 150 valence electrons. The minimum Gasteiger partial charge on any atom is -0.456 e. The van der Waals surface area contributed by atoms with E-state index in [4.69, 9.17) is 16.3 Å². The fourth-order valence-corrected chi connectivity index (χ4v) is 3.41. The molecular formula is C24H20ClN3O2. The summed E-state index contributed by atoms with van der Waals surface area (Å²) in [6.45, 7) is 4.29. The monoisotopic (exact) mass is 417 g/mol. The lowest BCUT2D eigenvalue weighted by atomic mass is 10.1. The van der Waals surface area contributed by atoms with Crippen molar-refractivity contribution in [2.75, 3.05) is 0 Å². The number of rotatable bonds is 5. The maximum Gasteiger partial charge on any atom is 0.251 e. The molecule has 0 aliphatic rings. The van der Waals surface area contributed by atoms with Gasteiger partial charge in [-0.1, -0.05) is 17.7 Å². The molecule has 30 heavy (non-hydrogen) atoms. The molecule has 0 fully saturated rings. The van der Waals surface area contributed by atoms with Crippen LogP contribution in [0.2, 0.25) is 5.02 Å². The van der Waals surface area contributed by atoms with Crippen molar-refractivity contribution in [3.8, 4) is 11.5 Å². The third-order valence-corrected chi connectivity index (χ3v) is 5.22. The summed E-state index contributed by atoms with van der Waals surface area (Å²) in [7, 11) is 0. The van der Waals surface area contributed by atoms with Crippen molar-refractivity contribution < 1.29 is 9.53 Å². The van der Waals surface area contributed by atoms with Crippen LogP contribution in [0.4, 0.5) is 0 Å². The van der Waals surface area contributed by atoms with E-state index in [2.05, 4.69) is 15.3 Å². The van der Waals surface area contributed by atoms with E-state index in [1.54, 1.807) is 42.9 Å². The molecule has 0 radical (unpaired) electrons. The number of pyridine rings is 2. The Hall–Kier alpha value is -3.44. The predicted octanol–water partition coefficient (Wildman–Crippen LogP) is 5.62. The third-order valence-electron chi connectivity index (χ3n) is 4.99. The van der Waals surface area contributed by atoms with Crippen LogP contribution in [0.5, 0.6) is 11.5 Å². The molecule has 0 bridgehead atoms. The first kappa shape index (κ1) is 19.9. The van der Waals surface area contributed by atoms with Crippen molar-refractivity contribution in [1.29, 1.82) is 0 Å². The predicted molar refractivity (Wildman–Crippen MR) is 118 cm³/mol. The molecule has 2 heterocycles. The average molecular weight is 418 g/mol. The van der Waals surface area contributed by atoms with Crippen LogP contribution in [-0.4, -0.2) is 15.9 Å². The minimum atomic E-state index is -0.152. The highest BCUT2D eigenvalue weighted by molar-refractivity contribution is 6.31. The quantitative estimate of drug-likeness (QED) is 0.457. The molecule has 0 spiro atoms. The second-order valence-corrected chi connectivity index (χ2v) is 7.42. The van der Waals surface area contributed by atoms with Crippen molar-refractivity contribution in [1.82, 2.24) is 15.3 Å². The maximum atomic E-state index is 12.8. The van der Waals surface area contributed by atoms with E-state index in [1.807, 2.05) is 38.1 Å². The maximum absolute atomic E-state index is 12.8. The number of carbonyl (C=O) groups is 1. The fourth-order valence-electron chi connectivity index (χ4n) is 3.24. The summed E-state index contributed by atoms with van der Waals surface area (Å²) in [4.78, 5) is 21.2. The topological polar surface area (TPSA) is 64.1 Å². The van der Waals surface area contributed by atoms with Crippen molar-refractivity contribution >= 4 is 28.4 Å². The Labute approximate surface area is 179 Å². The summed E-state index contributed by atoms with van der Waals surface area (Å²) in [5, 5.41) is 4.45. The lowest BCUT2D eigenvalue weighted by Gasteiger charge is -2.14. The lowest BCUT2D eigenvalue weighted by Crippen LogP contribution is -2.24. The summed E-state index contributed by atoms with van der Waals surface area (Å²) in [5.74, 6) is 1.12. The summed E-state index contributed by atoms with van der Waals surface area (Å²) in [6.07, 6.45) is 5.19. The van der Waals surface area contributed by atoms with E-state index >= 15 is 0 Å². The number of halogens is 1. The highest BCUT2D eigenvalue weighted by Gasteiger charge is 2.14. The van der Waals surface area contributed by atoms with E-state index in [1.165, 1.54) is 0 Å². The SMILES string of the molecule is Cc1cnccc1CNC(=O)c1cccc(Oc2ccnc3cc(Cl)ccc23)c1C. The highest BCUT2D eigenvalue weighted by atomic mass is 35.5. The van der Waals surface area contributed by atoms with Gasteiger partial charge in [-0.2, -0.15) is 0 Å². The summed E-state index contributed by atoms with van der Waals surface area (Å²) in [5.41, 5.74) is 4.15. The smallest absolute Gasteiger partial charge is 0.251 e. The van der Waals surface area contributed by atoms with Crippen LogP contribution in [0.3, 0.4) is 0 Å². The van der Waals surface area contributed by atoms with Crippen LogP contribution in [0, 0.1) is 13.8 Å². The van der Waals surface area contributed by atoms with Gasteiger partial charge in [-0.25, -0.2) is 0 Å². The van der Waals surface area contributed by atoms with Gasteiger partial charge in [0.2, 0.25) is 0 Å². The molecule has 1 amide bonds. The summed E-state index contributed by atoms with van der Waals surface area (Å²) >= 11 is 6.07. The van der Waals surface area contributed by atoms with Crippen LogP contribution in [0.1, 0.15) is 27.0 Å². The van der Waals surface area contributed by atoms with E-state index < -0.39 is 0 Å². The molecule has 4 aromatic rings. The van der Waals surface area contributed by atoms with Crippen LogP contribution in [-0.2, 0) is 6.54 Å². The zero-order chi connectivity index (χ0) is 21.1. The number of nitrogens with one attached hydrogen (secondary N) is 1. The fraction of sp³-hybridized carbons (Fsp3) is 0.125. The Morgan fingerprint density at radius 2 is 1.93 bits per heavy atom. The van der Waals surface area contributed by atoms with Gasteiger partial charge < -0.3 is 10.1 Å². The standard InChI is InChI=1S/C24H20ClN3O2/c1-15-13-26-10-8-17(15)14-28-24(29)19-4-3-5-22(16(19)2)30-23-9-11-27-21-12-18(25)6-7-20(21)23/h3-13H,14H2,1-2H3,(H,28,29). The molecule has 0 atom stereocenters. The van der Waals surface area contributed by atoms with Gasteiger partial charge in [-0.05, 0) is 67.4 Å². The molecule has 2 aromatic carbocycles. The molecule has 0 saturated carbocycles.